The van der Waals surface area contributed by atoms with Crippen molar-refractivity contribution in [1.29, 1.82) is 0 Å². The number of hydrogen-bond donors (Lipinski definition) is 1. The summed E-state index contributed by atoms with van der Waals surface area (Å²) in [7, 11) is 3.74. The van der Waals surface area contributed by atoms with Crippen LogP contribution in [0.5, 0.6) is 0 Å². The molecule has 0 amide bonds. The highest BCUT2D eigenvalue weighted by molar-refractivity contribution is 7.99. The van der Waals surface area contributed by atoms with Gasteiger partial charge in [0, 0.05) is 24.9 Å². The molecular formula is C15H17N7S. The molecule has 7 nitrogen and oxygen atoms in total. The number of nitrogens with zero attached hydrogens (tertiary/aromatic N) is 6. The van der Waals surface area contributed by atoms with Gasteiger partial charge < -0.3 is 10.6 Å². The van der Waals surface area contributed by atoms with Crippen LogP contribution >= 0.6 is 11.8 Å². The zero-order valence-electron chi connectivity index (χ0n) is 13.1. The predicted octanol–water partition coefficient (Wildman–Crippen LogP) is 2.32. The van der Waals surface area contributed by atoms with Crippen molar-refractivity contribution in [1.82, 2.24) is 25.1 Å². The number of aromatic nitrogens is 5. The molecule has 0 saturated heterocycles. The minimum Gasteiger partial charge on any atom is -0.368 e. The lowest BCUT2D eigenvalue weighted by atomic mass is 10.2. The Hall–Kier alpha value is -2.48. The maximum absolute atomic E-state index is 5.79. The van der Waals surface area contributed by atoms with Crippen LogP contribution in [0.4, 0.5) is 11.9 Å². The van der Waals surface area contributed by atoms with Crippen molar-refractivity contribution in [2.75, 3.05) is 24.7 Å². The van der Waals surface area contributed by atoms with E-state index in [2.05, 4.69) is 25.1 Å². The first-order chi connectivity index (χ1) is 11.0. The van der Waals surface area contributed by atoms with Gasteiger partial charge in [-0.25, -0.2) is 0 Å². The van der Waals surface area contributed by atoms with E-state index >= 15 is 0 Å². The molecule has 0 radical (unpaired) electrons. The molecule has 0 aliphatic carbocycles. The lowest BCUT2D eigenvalue weighted by Crippen LogP contribution is -2.16. The van der Waals surface area contributed by atoms with E-state index in [-0.39, 0.29) is 11.2 Å². The maximum Gasteiger partial charge on any atom is 0.229 e. The van der Waals surface area contributed by atoms with Gasteiger partial charge in [-0.15, -0.1) is 5.10 Å². The molecule has 0 aliphatic rings. The number of hydrogen-bond acceptors (Lipinski definition) is 8. The fourth-order valence-electron chi connectivity index (χ4n) is 2.09. The van der Waals surface area contributed by atoms with Gasteiger partial charge in [0.15, 0.2) is 0 Å². The van der Waals surface area contributed by atoms with E-state index in [0.717, 1.165) is 15.8 Å². The second-order valence-corrected chi connectivity index (χ2v) is 6.57. The molecule has 2 N–H and O–H groups in total. The van der Waals surface area contributed by atoms with E-state index in [1.54, 1.807) is 22.9 Å². The Kier molecular flexibility index (Phi) is 4.24. The highest BCUT2D eigenvalue weighted by Gasteiger charge is 2.16. The van der Waals surface area contributed by atoms with Crippen LogP contribution in [0.2, 0.25) is 0 Å². The molecule has 0 bridgehead atoms. The topological polar surface area (TPSA) is 93.7 Å². The lowest BCUT2D eigenvalue weighted by Gasteiger charge is -2.14. The number of anilines is 2. The molecule has 2 heterocycles. The van der Waals surface area contributed by atoms with Crippen LogP contribution in [0, 0.1) is 0 Å². The number of nitrogens with two attached hydrogens (primary N) is 1. The van der Waals surface area contributed by atoms with Crippen molar-refractivity contribution in [2.45, 2.75) is 17.2 Å². The largest absolute Gasteiger partial charge is 0.368 e. The summed E-state index contributed by atoms with van der Waals surface area (Å²) in [6, 6.07) is 8.03. The molecule has 0 unspecified atom stereocenters. The van der Waals surface area contributed by atoms with E-state index in [0.29, 0.717) is 11.8 Å². The minimum atomic E-state index is -0.0286. The van der Waals surface area contributed by atoms with Crippen molar-refractivity contribution >= 4 is 34.4 Å². The molecule has 3 aromatic rings. The third-order valence-corrected chi connectivity index (χ3v) is 4.34. The van der Waals surface area contributed by atoms with Gasteiger partial charge in [0.2, 0.25) is 11.9 Å². The van der Waals surface area contributed by atoms with Crippen LogP contribution in [0.1, 0.15) is 18.0 Å². The Morgan fingerprint density at radius 2 is 1.91 bits per heavy atom. The lowest BCUT2D eigenvalue weighted by molar-refractivity contribution is 0.860. The normalized spacial score (nSPS) is 12.3. The first kappa shape index (κ1) is 15.4. The fraction of sp³-hybridized carbons (Fsp3) is 0.267. The molecular weight excluding hydrogens is 310 g/mol. The van der Waals surface area contributed by atoms with Gasteiger partial charge in [0.1, 0.15) is 10.9 Å². The SMILES string of the molecule is C[C@@H](Sc1nncc2ccccc12)c1nc(N)nc(N(C)C)n1. The van der Waals surface area contributed by atoms with E-state index in [9.17, 15) is 0 Å². The number of thioether (sulfide) groups is 1. The Morgan fingerprint density at radius 3 is 2.70 bits per heavy atom. The molecule has 1 aromatic carbocycles. The molecule has 0 spiro atoms. The van der Waals surface area contributed by atoms with Crippen LogP contribution in [0.3, 0.4) is 0 Å². The molecule has 1 atom stereocenters. The Labute approximate surface area is 138 Å². The summed E-state index contributed by atoms with van der Waals surface area (Å²) in [4.78, 5) is 14.6. The molecule has 0 saturated carbocycles. The van der Waals surface area contributed by atoms with Crippen LogP contribution < -0.4 is 10.6 Å². The van der Waals surface area contributed by atoms with Gasteiger partial charge in [-0.1, -0.05) is 36.0 Å². The van der Waals surface area contributed by atoms with E-state index in [1.165, 1.54) is 0 Å². The minimum absolute atomic E-state index is 0.0286. The number of benzene rings is 1. The first-order valence-corrected chi connectivity index (χ1v) is 7.98. The number of rotatable bonds is 4. The van der Waals surface area contributed by atoms with Crippen LogP contribution in [0.25, 0.3) is 10.8 Å². The van der Waals surface area contributed by atoms with Gasteiger partial charge in [-0.05, 0) is 6.92 Å². The quantitative estimate of drug-likeness (QED) is 0.730. The summed E-state index contributed by atoms with van der Waals surface area (Å²) in [5, 5.41) is 11.3. The van der Waals surface area contributed by atoms with E-state index in [1.807, 2.05) is 45.3 Å². The van der Waals surface area contributed by atoms with Crippen molar-refractivity contribution < 1.29 is 0 Å². The number of fused-ring (bicyclic) bond motifs is 1. The Morgan fingerprint density at radius 1 is 1.13 bits per heavy atom. The van der Waals surface area contributed by atoms with E-state index in [4.69, 9.17) is 5.73 Å². The van der Waals surface area contributed by atoms with Crippen molar-refractivity contribution in [3.63, 3.8) is 0 Å². The molecule has 0 fully saturated rings. The van der Waals surface area contributed by atoms with E-state index < -0.39 is 0 Å². The third kappa shape index (κ3) is 3.31. The summed E-state index contributed by atoms with van der Waals surface area (Å²) < 4.78 is 0. The molecule has 3 rings (SSSR count). The molecule has 23 heavy (non-hydrogen) atoms. The van der Waals surface area contributed by atoms with Crippen LogP contribution in [-0.2, 0) is 0 Å². The molecule has 118 valence electrons. The first-order valence-electron chi connectivity index (χ1n) is 7.10. The maximum atomic E-state index is 5.79. The second kappa shape index (κ2) is 6.33. The zero-order chi connectivity index (χ0) is 16.4. The van der Waals surface area contributed by atoms with Gasteiger partial charge in [0.05, 0.1) is 11.4 Å². The van der Waals surface area contributed by atoms with Gasteiger partial charge >= 0.3 is 0 Å². The smallest absolute Gasteiger partial charge is 0.229 e. The highest BCUT2D eigenvalue weighted by atomic mass is 32.2. The monoisotopic (exact) mass is 327 g/mol. The average Bonchev–Trinajstić information content (AvgIpc) is 2.54. The van der Waals surface area contributed by atoms with Crippen molar-refractivity contribution in [3.8, 4) is 0 Å². The molecule has 2 aromatic heterocycles. The number of nitrogen functional groups attached to an aromatic ring is 1. The van der Waals surface area contributed by atoms with Gasteiger partial charge in [-0.2, -0.15) is 20.1 Å². The fourth-order valence-corrected chi connectivity index (χ4v) is 3.04. The standard InChI is InChI=1S/C15H17N7S/c1-9(12-18-14(16)20-15(19-12)22(2)3)23-13-11-7-5-4-6-10(11)8-17-21-13/h4-9H,1-3H3,(H2,16,18,19,20)/t9-/m1/s1. The Balaban J connectivity index is 1.93. The van der Waals surface area contributed by atoms with Crippen LogP contribution in [-0.4, -0.2) is 39.2 Å². The van der Waals surface area contributed by atoms with Crippen molar-refractivity contribution in [3.05, 3.63) is 36.3 Å². The summed E-state index contributed by atoms with van der Waals surface area (Å²) in [6.07, 6.45) is 1.76. The Bertz CT molecular complexity index is 832. The van der Waals surface area contributed by atoms with Crippen molar-refractivity contribution in [2.24, 2.45) is 0 Å². The predicted molar refractivity (Wildman–Crippen MR) is 92.4 cm³/mol. The zero-order valence-corrected chi connectivity index (χ0v) is 13.9. The van der Waals surface area contributed by atoms with Gasteiger partial charge in [-0.3, -0.25) is 0 Å². The van der Waals surface area contributed by atoms with Crippen LogP contribution in [0.15, 0.2) is 35.5 Å². The second-order valence-electron chi connectivity index (χ2n) is 5.24. The summed E-state index contributed by atoms with van der Waals surface area (Å²) in [5.41, 5.74) is 5.79. The summed E-state index contributed by atoms with van der Waals surface area (Å²) in [6.45, 7) is 2.02. The summed E-state index contributed by atoms with van der Waals surface area (Å²) >= 11 is 1.55. The third-order valence-electron chi connectivity index (χ3n) is 3.25. The average molecular weight is 327 g/mol. The highest BCUT2D eigenvalue weighted by Crippen LogP contribution is 2.35. The summed E-state index contributed by atoms with van der Waals surface area (Å²) in [5.74, 6) is 1.39. The van der Waals surface area contributed by atoms with Gasteiger partial charge in [0.25, 0.3) is 0 Å². The molecule has 8 heteroatoms. The molecule has 0 aliphatic heterocycles.